The highest BCUT2D eigenvalue weighted by molar-refractivity contribution is 5.29. The third-order valence-corrected chi connectivity index (χ3v) is 1.96. The van der Waals surface area contributed by atoms with Gasteiger partial charge in [-0.3, -0.25) is 0 Å². The standard InChI is InChI=1S/C11H16FNO2/c1-8-3-4-10(12)11(5-8)15-7-9(14)6-13-2/h3-5,9,13-14H,6-7H2,1-2H3. The molecular formula is C11H16FNO2. The van der Waals surface area contributed by atoms with E-state index in [0.717, 1.165) is 5.56 Å². The van der Waals surface area contributed by atoms with Crippen LogP contribution >= 0.6 is 0 Å². The number of aliphatic hydroxyl groups excluding tert-OH is 1. The average molecular weight is 213 g/mol. The first kappa shape index (κ1) is 11.9. The van der Waals surface area contributed by atoms with E-state index < -0.39 is 11.9 Å². The summed E-state index contributed by atoms with van der Waals surface area (Å²) in [7, 11) is 1.73. The Hall–Kier alpha value is -1.13. The molecule has 4 heteroatoms. The molecule has 1 atom stereocenters. The molecule has 0 aromatic heterocycles. The van der Waals surface area contributed by atoms with Crippen molar-refractivity contribution in [2.75, 3.05) is 20.2 Å². The van der Waals surface area contributed by atoms with E-state index in [1.807, 2.05) is 6.92 Å². The molecule has 15 heavy (non-hydrogen) atoms. The van der Waals surface area contributed by atoms with E-state index in [9.17, 15) is 9.50 Å². The maximum Gasteiger partial charge on any atom is 0.165 e. The van der Waals surface area contributed by atoms with Gasteiger partial charge >= 0.3 is 0 Å². The van der Waals surface area contributed by atoms with Crippen LogP contribution in [0.25, 0.3) is 0 Å². The maximum absolute atomic E-state index is 13.2. The predicted molar refractivity (Wildman–Crippen MR) is 56.6 cm³/mol. The zero-order valence-electron chi connectivity index (χ0n) is 8.96. The average Bonchev–Trinajstić information content (AvgIpc) is 2.20. The van der Waals surface area contributed by atoms with Gasteiger partial charge in [0, 0.05) is 6.54 Å². The number of hydrogen-bond donors (Lipinski definition) is 2. The molecule has 0 aliphatic heterocycles. The molecule has 0 saturated heterocycles. The first-order valence-corrected chi connectivity index (χ1v) is 4.85. The number of nitrogens with one attached hydrogen (secondary N) is 1. The van der Waals surface area contributed by atoms with E-state index >= 15 is 0 Å². The summed E-state index contributed by atoms with van der Waals surface area (Å²) in [6, 6.07) is 4.64. The lowest BCUT2D eigenvalue weighted by molar-refractivity contribution is 0.106. The number of benzene rings is 1. The second-order valence-electron chi connectivity index (χ2n) is 3.46. The van der Waals surface area contributed by atoms with Crippen molar-refractivity contribution >= 4 is 0 Å². The summed E-state index contributed by atoms with van der Waals surface area (Å²) >= 11 is 0. The van der Waals surface area contributed by atoms with Gasteiger partial charge in [-0.15, -0.1) is 0 Å². The molecule has 0 heterocycles. The minimum atomic E-state index is -0.630. The fourth-order valence-electron chi connectivity index (χ4n) is 1.20. The smallest absolute Gasteiger partial charge is 0.165 e. The molecule has 0 aliphatic carbocycles. The Labute approximate surface area is 88.9 Å². The fraction of sp³-hybridized carbons (Fsp3) is 0.455. The third kappa shape index (κ3) is 3.85. The molecule has 2 N–H and O–H groups in total. The van der Waals surface area contributed by atoms with Crippen LogP contribution in [0.1, 0.15) is 5.56 Å². The Morgan fingerprint density at radius 3 is 2.93 bits per heavy atom. The number of hydrogen-bond acceptors (Lipinski definition) is 3. The largest absolute Gasteiger partial charge is 0.488 e. The highest BCUT2D eigenvalue weighted by atomic mass is 19.1. The molecule has 0 radical (unpaired) electrons. The van der Waals surface area contributed by atoms with Crippen LogP contribution in [0.5, 0.6) is 5.75 Å². The Kier molecular flexibility index (Phi) is 4.52. The van der Waals surface area contributed by atoms with Crippen molar-refractivity contribution in [2.45, 2.75) is 13.0 Å². The molecule has 1 rings (SSSR count). The zero-order valence-corrected chi connectivity index (χ0v) is 8.96. The minimum absolute atomic E-state index is 0.0845. The zero-order chi connectivity index (χ0) is 11.3. The van der Waals surface area contributed by atoms with E-state index in [0.29, 0.717) is 6.54 Å². The van der Waals surface area contributed by atoms with E-state index in [4.69, 9.17) is 4.74 Å². The quantitative estimate of drug-likeness (QED) is 0.769. The lowest BCUT2D eigenvalue weighted by atomic mass is 10.2. The number of aliphatic hydroxyl groups is 1. The van der Waals surface area contributed by atoms with Crippen molar-refractivity contribution in [3.05, 3.63) is 29.6 Å². The van der Waals surface area contributed by atoms with Gasteiger partial charge in [-0.2, -0.15) is 0 Å². The number of aryl methyl sites for hydroxylation is 1. The molecule has 3 nitrogen and oxygen atoms in total. The van der Waals surface area contributed by atoms with E-state index in [-0.39, 0.29) is 12.4 Å². The van der Waals surface area contributed by atoms with Gasteiger partial charge in [-0.1, -0.05) is 6.07 Å². The van der Waals surface area contributed by atoms with Crippen LogP contribution in [0.2, 0.25) is 0 Å². The van der Waals surface area contributed by atoms with Crippen LogP contribution in [0.3, 0.4) is 0 Å². The summed E-state index contributed by atoms with van der Waals surface area (Å²) in [5.41, 5.74) is 0.925. The van der Waals surface area contributed by atoms with Crippen molar-refractivity contribution in [1.29, 1.82) is 0 Å². The van der Waals surface area contributed by atoms with Crippen LogP contribution in [-0.4, -0.2) is 31.4 Å². The van der Waals surface area contributed by atoms with Crippen LogP contribution in [-0.2, 0) is 0 Å². The first-order chi connectivity index (χ1) is 7.13. The van der Waals surface area contributed by atoms with Gasteiger partial charge in [0.1, 0.15) is 12.7 Å². The molecule has 0 aliphatic rings. The van der Waals surface area contributed by atoms with Gasteiger partial charge in [-0.05, 0) is 31.7 Å². The Balaban J connectivity index is 2.53. The summed E-state index contributed by atoms with van der Waals surface area (Å²) in [6.45, 7) is 2.37. The van der Waals surface area contributed by atoms with Crippen LogP contribution in [0.4, 0.5) is 4.39 Å². The van der Waals surface area contributed by atoms with E-state index in [2.05, 4.69) is 5.32 Å². The molecule has 0 fully saturated rings. The third-order valence-electron chi connectivity index (χ3n) is 1.96. The Morgan fingerprint density at radius 2 is 2.27 bits per heavy atom. The van der Waals surface area contributed by atoms with Crippen molar-refractivity contribution in [3.63, 3.8) is 0 Å². The lowest BCUT2D eigenvalue weighted by Gasteiger charge is -2.12. The van der Waals surface area contributed by atoms with Gasteiger partial charge in [0.05, 0.1) is 0 Å². The van der Waals surface area contributed by atoms with Crippen LogP contribution in [0.15, 0.2) is 18.2 Å². The molecular weight excluding hydrogens is 197 g/mol. The van der Waals surface area contributed by atoms with Gasteiger partial charge in [0.15, 0.2) is 11.6 Å². The number of ether oxygens (including phenoxy) is 1. The van der Waals surface area contributed by atoms with Crippen molar-refractivity contribution < 1.29 is 14.2 Å². The van der Waals surface area contributed by atoms with E-state index in [1.165, 1.54) is 6.07 Å². The monoisotopic (exact) mass is 213 g/mol. The van der Waals surface area contributed by atoms with E-state index in [1.54, 1.807) is 19.2 Å². The Morgan fingerprint density at radius 1 is 1.53 bits per heavy atom. The summed E-state index contributed by atoms with van der Waals surface area (Å²) in [4.78, 5) is 0. The highest BCUT2D eigenvalue weighted by Crippen LogP contribution is 2.18. The van der Waals surface area contributed by atoms with Crippen molar-refractivity contribution in [3.8, 4) is 5.75 Å². The summed E-state index contributed by atoms with van der Waals surface area (Å²) in [5.74, 6) is -0.220. The fourth-order valence-corrected chi connectivity index (χ4v) is 1.20. The summed E-state index contributed by atoms with van der Waals surface area (Å²) < 4.78 is 18.4. The van der Waals surface area contributed by atoms with Crippen molar-refractivity contribution in [1.82, 2.24) is 5.32 Å². The van der Waals surface area contributed by atoms with Gasteiger partial charge in [0.2, 0.25) is 0 Å². The summed E-state index contributed by atoms with van der Waals surface area (Å²) in [6.07, 6.45) is -0.630. The molecule has 1 unspecified atom stereocenters. The second kappa shape index (κ2) is 5.68. The SMILES string of the molecule is CNCC(O)COc1cc(C)ccc1F. The molecule has 1 aromatic carbocycles. The molecule has 1 aromatic rings. The Bertz CT molecular complexity index is 317. The van der Waals surface area contributed by atoms with Crippen LogP contribution in [0, 0.1) is 12.7 Å². The lowest BCUT2D eigenvalue weighted by Crippen LogP contribution is -2.29. The first-order valence-electron chi connectivity index (χ1n) is 4.85. The van der Waals surface area contributed by atoms with Gasteiger partial charge in [-0.25, -0.2) is 4.39 Å². The molecule has 0 amide bonds. The number of halogens is 1. The normalized spacial score (nSPS) is 12.5. The molecule has 84 valence electrons. The van der Waals surface area contributed by atoms with Gasteiger partial charge < -0.3 is 15.2 Å². The topological polar surface area (TPSA) is 41.5 Å². The molecule has 0 saturated carbocycles. The second-order valence-corrected chi connectivity index (χ2v) is 3.46. The minimum Gasteiger partial charge on any atom is -0.488 e. The molecule has 0 spiro atoms. The number of likely N-dealkylation sites (N-methyl/N-ethyl adjacent to an activating group) is 1. The van der Waals surface area contributed by atoms with Gasteiger partial charge in [0.25, 0.3) is 0 Å². The predicted octanol–water partition coefficient (Wildman–Crippen LogP) is 1.09. The van der Waals surface area contributed by atoms with Crippen molar-refractivity contribution in [2.24, 2.45) is 0 Å². The molecule has 0 bridgehead atoms. The highest BCUT2D eigenvalue weighted by Gasteiger charge is 2.07. The maximum atomic E-state index is 13.2. The number of rotatable bonds is 5. The van der Waals surface area contributed by atoms with Crippen LogP contribution < -0.4 is 10.1 Å². The summed E-state index contributed by atoms with van der Waals surface area (Å²) in [5, 5.41) is 12.2.